The standard InChI is InChI=1S/C24H25Cl2NO3/c1-4-16(2)24(23(28)29,17(3)13-22(25)26)21(15-27)18-9-8-12-20(14-18)30-19-10-6-5-7-11-19/h5-14,16-17,21H,4H2,1-3H3,(H,28,29). The normalized spacial score (nSPS) is 15.7. The number of allylic oxidation sites excluding steroid dienone is 1. The molecule has 4 nitrogen and oxygen atoms in total. The van der Waals surface area contributed by atoms with Crippen LogP contribution in [0, 0.1) is 28.6 Å². The van der Waals surface area contributed by atoms with E-state index < -0.39 is 23.2 Å². The van der Waals surface area contributed by atoms with E-state index >= 15 is 0 Å². The molecule has 4 unspecified atom stereocenters. The summed E-state index contributed by atoms with van der Waals surface area (Å²) in [7, 11) is 0. The van der Waals surface area contributed by atoms with Gasteiger partial charge in [-0.05, 0) is 41.7 Å². The van der Waals surface area contributed by atoms with Crippen molar-refractivity contribution in [3.05, 3.63) is 70.7 Å². The minimum Gasteiger partial charge on any atom is -0.481 e. The molecule has 2 aromatic carbocycles. The lowest BCUT2D eigenvalue weighted by molar-refractivity contribution is -0.156. The van der Waals surface area contributed by atoms with E-state index in [2.05, 4.69) is 6.07 Å². The quantitative estimate of drug-likeness (QED) is 0.444. The van der Waals surface area contributed by atoms with Crippen molar-refractivity contribution in [1.82, 2.24) is 0 Å². The third-order valence-corrected chi connectivity index (χ3v) is 5.96. The number of rotatable bonds is 9. The van der Waals surface area contributed by atoms with Crippen molar-refractivity contribution < 1.29 is 14.6 Å². The summed E-state index contributed by atoms with van der Waals surface area (Å²) in [6.07, 6.45) is 2.07. The Labute approximate surface area is 187 Å². The van der Waals surface area contributed by atoms with Crippen molar-refractivity contribution in [3.63, 3.8) is 0 Å². The molecule has 0 saturated carbocycles. The van der Waals surface area contributed by atoms with Gasteiger partial charge in [-0.15, -0.1) is 0 Å². The summed E-state index contributed by atoms with van der Waals surface area (Å²) in [5.41, 5.74) is -0.858. The monoisotopic (exact) mass is 445 g/mol. The average Bonchev–Trinajstić information content (AvgIpc) is 2.71. The first kappa shape index (κ1) is 23.8. The molecular formula is C24H25Cl2NO3. The molecule has 0 fully saturated rings. The molecule has 0 aliphatic heterocycles. The van der Waals surface area contributed by atoms with Crippen LogP contribution in [-0.2, 0) is 4.79 Å². The third kappa shape index (κ3) is 4.98. The summed E-state index contributed by atoms with van der Waals surface area (Å²) in [5.74, 6) is -1.73. The van der Waals surface area contributed by atoms with Crippen LogP contribution >= 0.6 is 23.2 Å². The van der Waals surface area contributed by atoms with Crippen molar-refractivity contribution in [2.75, 3.05) is 0 Å². The minimum absolute atomic E-state index is 0.0192. The maximum Gasteiger partial charge on any atom is 0.312 e. The van der Waals surface area contributed by atoms with Gasteiger partial charge in [0.2, 0.25) is 0 Å². The first-order valence-corrected chi connectivity index (χ1v) is 10.5. The zero-order chi connectivity index (χ0) is 22.3. The molecule has 158 valence electrons. The number of carboxylic acids is 1. The lowest BCUT2D eigenvalue weighted by Crippen LogP contribution is -2.47. The van der Waals surface area contributed by atoms with Gasteiger partial charge in [0.1, 0.15) is 16.0 Å². The Bertz CT molecular complexity index is 935. The summed E-state index contributed by atoms with van der Waals surface area (Å²) >= 11 is 11.7. The zero-order valence-electron chi connectivity index (χ0n) is 17.2. The first-order chi connectivity index (χ1) is 14.3. The van der Waals surface area contributed by atoms with Crippen LogP contribution in [0.25, 0.3) is 0 Å². The van der Waals surface area contributed by atoms with Gasteiger partial charge >= 0.3 is 5.97 Å². The van der Waals surface area contributed by atoms with Crippen molar-refractivity contribution in [2.24, 2.45) is 17.3 Å². The Morgan fingerprint density at radius 3 is 2.33 bits per heavy atom. The van der Waals surface area contributed by atoms with Crippen LogP contribution in [0.5, 0.6) is 11.5 Å². The summed E-state index contributed by atoms with van der Waals surface area (Å²) in [6.45, 7) is 5.49. The number of carbonyl (C=O) groups is 1. The molecule has 2 rings (SSSR count). The summed E-state index contributed by atoms with van der Waals surface area (Å²) < 4.78 is 5.87. The molecular weight excluding hydrogens is 421 g/mol. The topological polar surface area (TPSA) is 70.3 Å². The summed E-state index contributed by atoms with van der Waals surface area (Å²) in [6, 6.07) is 18.5. The van der Waals surface area contributed by atoms with E-state index in [1.807, 2.05) is 44.2 Å². The van der Waals surface area contributed by atoms with E-state index in [1.54, 1.807) is 31.2 Å². The predicted octanol–water partition coefficient (Wildman–Crippen LogP) is 7.16. The Morgan fingerprint density at radius 1 is 1.17 bits per heavy atom. The van der Waals surface area contributed by atoms with Crippen molar-refractivity contribution in [3.8, 4) is 17.6 Å². The molecule has 0 bridgehead atoms. The third-order valence-electron chi connectivity index (χ3n) is 5.70. The maximum absolute atomic E-state index is 12.7. The molecule has 0 aliphatic carbocycles. The van der Waals surface area contributed by atoms with Gasteiger partial charge in [-0.25, -0.2) is 0 Å². The molecule has 0 spiro atoms. The molecule has 1 N–H and O–H groups in total. The highest BCUT2D eigenvalue weighted by atomic mass is 35.5. The number of carboxylic acid groups (broad SMARTS) is 1. The Balaban J connectivity index is 2.59. The van der Waals surface area contributed by atoms with Gasteiger partial charge in [0.05, 0.1) is 17.4 Å². The second-order valence-electron chi connectivity index (χ2n) is 7.34. The number of ether oxygens (including phenoxy) is 1. The van der Waals surface area contributed by atoms with E-state index in [0.717, 1.165) is 0 Å². The fraction of sp³-hybridized carbons (Fsp3) is 0.333. The molecule has 0 aliphatic rings. The van der Waals surface area contributed by atoms with Crippen LogP contribution in [-0.4, -0.2) is 11.1 Å². The van der Waals surface area contributed by atoms with Crippen LogP contribution in [0.4, 0.5) is 0 Å². The van der Waals surface area contributed by atoms with E-state index in [1.165, 1.54) is 6.08 Å². The van der Waals surface area contributed by atoms with Gasteiger partial charge in [0.15, 0.2) is 0 Å². The lowest BCUT2D eigenvalue weighted by Gasteiger charge is -2.42. The number of para-hydroxylation sites is 1. The fourth-order valence-electron chi connectivity index (χ4n) is 4.03. The van der Waals surface area contributed by atoms with Gasteiger partial charge < -0.3 is 9.84 Å². The van der Waals surface area contributed by atoms with E-state index in [-0.39, 0.29) is 10.4 Å². The number of halogens is 2. The molecule has 0 aromatic heterocycles. The number of aliphatic carboxylic acids is 1. The molecule has 0 amide bonds. The smallest absolute Gasteiger partial charge is 0.312 e. The van der Waals surface area contributed by atoms with Gasteiger partial charge in [-0.1, -0.05) is 86.8 Å². The number of benzene rings is 2. The molecule has 0 saturated heterocycles. The Morgan fingerprint density at radius 2 is 1.80 bits per heavy atom. The molecule has 0 heterocycles. The molecule has 2 aromatic rings. The molecule has 6 heteroatoms. The summed E-state index contributed by atoms with van der Waals surface area (Å²) in [4.78, 5) is 12.7. The molecule has 0 radical (unpaired) electrons. The van der Waals surface area contributed by atoms with Crippen LogP contribution in [0.3, 0.4) is 0 Å². The SMILES string of the molecule is CCC(C)C(C(=O)O)(C(C)C=C(Cl)Cl)C(C#N)c1cccc(Oc2ccccc2)c1. The van der Waals surface area contributed by atoms with Crippen LogP contribution in [0.15, 0.2) is 65.2 Å². The fourth-order valence-corrected chi connectivity index (χ4v) is 4.41. The van der Waals surface area contributed by atoms with E-state index in [0.29, 0.717) is 23.5 Å². The maximum atomic E-state index is 12.7. The van der Waals surface area contributed by atoms with Gasteiger partial charge in [0, 0.05) is 0 Å². The molecule has 4 atom stereocenters. The van der Waals surface area contributed by atoms with Crippen LogP contribution < -0.4 is 4.74 Å². The second-order valence-corrected chi connectivity index (χ2v) is 8.35. The van der Waals surface area contributed by atoms with E-state index in [9.17, 15) is 15.2 Å². The molecule has 30 heavy (non-hydrogen) atoms. The number of hydrogen-bond donors (Lipinski definition) is 1. The van der Waals surface area contributed by atoms with Gasteiger partial charge in [-0.3, -0.25) is 4.79 Å². The second kappa shape index (κ2) is 10.5. The summed E-state index contributed by atoms with van der Waals surface area (Å²) in [5, 5.41) is 20.5. The number of nitriles is 1. The highest BCUT2D eigenvalue weighted by Gasteiger charge is 2.54. The highest BCUT2D eigenvalue weighted by molar-refractivity contribution is 6.55. The van der Waals surface area contributed by atoms with E-state index in [4.69, 9.17) is 27.9 Å². The largest absolute Gasteiger partial charge is 0.481 e. The Kier molecular flexibility index (Phi) is 8.34. The van der Waals surface area contributed by atoms with Gasteiger partial charge in [0.25, 0.3) is 0 Å². The van der Waals surface area contributed by atoms with Crippen molar-refractivity contribution in [1.29, 1.82) is 5.26 Å². The van der Waals surface area contributed by atoms with Crippen LogP contribution in [0.2, 0.25) is 0 Å². The zero-order valence-corrected chi connectivity index (χ0v) is 18.7. The predicted molar refractivity (Wildman–Crippen MR) is 120 cm³/mol. The number of hydrogen-bond acceptors (Lipinski definition) is 3. The highest BCUT2D eigenvalue weighted by Crippen LogP contribution is 2.51. The lowest BCUT2D eigenvalue weighted by atomic mass is 9.58. The van der Waals surface area contributed by atoms with Crippen molar-refractivity contribution in [2.45, 2.75) is 33.1 Å². The average molecular weight is 446 g/mol. The van der Waals surface area contributed by atoms with Crippen LogP contribution in [0.1, 0.15) is 38.7 Å². The number of nitrogens with zero attached hydrogens (tertiary/aromatic N) is 1. The van der Waals surface area contributed by atoms with Gasteiger partial charge in [-0.2, -0.15) is 5.26 Å². The Hall–Kier alpha value is -2.48. The first-order valence-electron chi connectivity index (χ1n) is 9.76. The van der Waals surface area contributed by atoms with Crippen molar-refractivity contribution >= 4 is 29.2 Å². The minimum atomic E-state index is -1.43.